The number of hydrogen-bond acceptors (Lipinski definition) is 7. The number of nitrogens with one attached hydrogen (secondary N) is 1. The molecule has 2 aromatic heterocycles. The van der Waals surface area contributed by atoms with Gasteiger partial charge in [0, 0.05) is 0 Å². The van der Waals surface area contributed by atoms with Crippen LogP contribution < -0.4 is 5.56 Å². The van der Waals surface area contributed by atoms with E-state index in [1.54, 1.807) is 0 Å². The number of fused-ring (bicyclic) bond motifs is 1. The number of carbonyl (C=O) groups excluding carboxylic acids is 1. The Morgan fingerprint density at radius 2 is 2.33 bits per heavy atom. The maximum atomic E-state index is 11.3. The molecule has 0 spiro atoms. The number of H-pyrrole nitrogens is 1. The highest BCUT2D eigenvalue weighted by molar-refractivity contribution is 5.73. The lowest BCUT2D eigenvalue weighted by Crippen LogP contribution is -2.18. The van der Waals surface area contributed by atoms with E-state index in [9.17, 15) is 9.59 Å². The van der Waals surface area contributed by atoms with E-state index in [4.69, 9.17) is 0 Å². The Labute approximate surface area is 82.0 Å². The van der Waals surface area contributed by atoms with Gasteiger partial charge in [0.1, 0.15) is 6.54 Å². The number of nitrogens with zero attached hydrogens (tertiary/aromatic N) is 5. The third kappa shape index (κ3) is 1.54. The van der Waals surface area contributed by atoms with Gasteiger partial charge >= 0.3 is 5.97 Å². The van der Waals surface area contributed by atoms with Crippen LogP contribution in [0.4, 0.5) is 0 Å². The van der Waals surface area contributed by atoms with E-state index >= 15 is 0 Å². The molecule has 0 aliphatic rings. The fourth-order valence-electron chi connectivity index (χ4n) is 1.06. The summed E-state index contributed by atoms with van der Waals surface area (Å²) in [6.45, 7) is -0.193. The average Bonchev–Trinajstić information content (AvgIpc) is 2.63. The van der Waals surface area contributed by atoms with Crippen LogP contribution in [0.3, 0.4) is 0 Å². The molecule has 0 bridgehead atoms. The van der Waals surface area contributed by atoms with Crippen LogP contribution in [0.15, 0.2) is 4.79 Å². The molecular formula is C6H6N6O3. The second-order valence-electron chi connectivity index (χ2n) is 2.64. The zero-order valence-electron chi connectivity index (χ0n) is 7.67. The van der Waals surface area contributed by atoms with Crippen molar-refractivity contribution in [2.75, 3.05) is 7.11 Å². The van der Waals surface area contributed by atoms with Gasteiger partial charge in [-0.1, -0.05) is 10.4 Å². The predicted octanol–water partition coefficient (Wildman–Crippen LogP) is -1.92. The zero-order valence-corrected chi connectivity index (χ0v) is 7.67. The molecule has 9 heteroatoms. The fourth-order valence-corrected chi connectivity index (χ4v) is 1.06. The topological polar surface area (TPSA) is 116 Å². The number of hydrogen-bond donors (Lipinski definition) is 1. The third-order valence-corrected chi connectivity index (χ3v) is 1.74. The first-order valence-electron chi connectivity index (χ1n) is 3.93. The molecule has 0 radical (unpaired) electrons. The third-order valence-electron chi connectivity index (χ3n) is 1.74. The van der Waals surface area contributed by atoms with Crippen LogP contribution in [0.2, 0.25) is 0 Å². The van der Waals surface area contributed by atoms with E-state index in [1.165, 1.54) is 7.11 Å². The van der Waals surface area contributed by atoms with E-state index in [-0.39, 0.29) is 17.7 Å². The van der Waals surface area contributed by atoms with Crippen molar-refractivity contribution < 1.29 is 9.53 Å². The van der Waals surface area contributed by atoms with Crippen molar-refractivity contribution in [2.45, 2.75) is 6.54 Å². The first-order valence-corrected chi connectivity index (χ1v) is 3.93. The van der Waals surface area contributed by atoms with E-state index in [0.29, 0.717) is 0 Å². The van der Waals surface area contributed by atoms with Crippen LogP contribution in [0.5, 0.6) is 0 Å². The van der Waals surface area contributed by atoms with Gasteiger partial charge in [0.25, 0.3) is 5.56 Å². The largest absolute Gasteiger partial charge is 0.468 e. The number of esters is 1. The van der Waals surface area contributed by atoms with Crippen LogP contribution in [-0.2, 0) is 16.1 Å². The summed E-state index contributed by atoms with van der Waals surface area (Å²) < 4.78 is 5.54. The summed E-state index contributed by atoms with van der Waals surface area (Å²) in [4.78, 5) is 22.3. The maximum absolute atomic E-state index is 11.3. The Hall–Kier alpha value is -2.32. The SMILES string of the molecule is COC(=O)Cn1nnc2nn[nH]c(=O)c21. The predicted molar refractivity (Wildman–Crippen MR) is 45.8 cm³/mol. The standard InChI is InChI=1S/C6H6N6O3/c1-15-3(13)2-12-4-5(8-11-12)7-10-9-6(4)14/h2H2,1H3,(H,7,9,14). The van der Waals surface area contributed by atoms with E-state index in [0.717, 1.165) is 4.68 Å². The molecule has 9 nitrogen and oxygen atoms in total. The van der Waals surface area contributed by atoms with Crippen molar-refractivity contribution in [3.8, 4) is 0 Å². The van der Waals surface area contributed by atoms with Crippen LogP contribution in [0.1, 0.15) is 0 Å². The fraction of sp³-hybridized carbons (Fsp3) is 0.333. The minimum atomic E-state index is -0.530. The van der Waals surface area contributed by atoms with Crippen molar-refractivity contribution in [1.82, 2.24) is 30.4 Å². The molecule has 1 N–H and O–H groups in total. The van der Waals surface area contributed by atoms with Crippen LogP contribution in [0.25, 0.3) is 11.2 Å². The molecule has 0 saturated carbocycles. The zero-order chi connectivity index (χ0) is 10.8. The Kier molecular flexibility index (Phi) is 2.12. The van der Waals surface area contributed by atoms with Gasteiger partial charge < -0.3 is 4.74 Å². The maximum Gasteiger partial charge on any atom is 0.327 e. The van der Waals surface area contributed by atoms with Crippen molar-refractivity contribution in [3.05, 3.63) is 10.4 Å². The van der Waals surface area contributed by atoms with Gasteiger partial charge in [0.2, 0.25) is 5.65 Å². The molecule has 0 aliphatic carbocycles. The smallest absolute Gasteiger partial charge is 0.327 e. The molecule has 15 heavy (non-hydrogen) atoms. The minimum absolute atomic E-state index is 0.0858. The summed E-state index contributed by atoms with van der Waals surface area (Å²) in [6, 6.07) is 0. The highest BCUT2D eigenvalue weighted by atomic mass is 16.5. The van der Waals surface area contributed by atoms with E-state index in [1.807, 2.05) is 0 Å². The normalized spacial score (nSPS) is 10.5. The number of rotatable bonds is 2. The molecule has 0 fully saturated rings. The Morgan fingerprint density at radius 1 is 1.53 bits per heavy atom. The van der Waals surface area contributed by atoms with Gasteiger partial charge in [0.15, 0.2) is 5.52 Å². The molecule has 78 valence electrons. The second-order valence-corrected chi connectivity index (χ2v) is 2.64. The molecular weight excluding hydrogens is 204 g/mol. The van der Waals surface area contributed by atoms with Gasteiger partial charge in [0.05, 0.1) is 7.11 Å². The summed E-state index contributed by atoms with van der Waals surface area (Å²) in [7, 11) is 1.24. The molecule has 2 heterocycles. The highest BCUT2D eigenvalue weighted by Crippen LogP contribution is 1.99. The van der Waals surface area contributed by atoms with E-state index < -0.39 is 11.5 Å². The summed E-state index contributed by atoms with van der Waals surface area (Å²) in [5, 5.41) is 16.1. The lowest BCUT2D eigenvalue weighted by molar-refractivity contribution is -0.141. The molecule has 2 aromatic rings. The summed E-state index contributed by atoms with van der Waals surface area (Å²) in [5.74, 6) is -0.530. The quantitative estimate of drug-likeness (QED) is 0.574. The van der Waals surface area contributed by atoms with Crippen molar-refractivity contribution in [2.24, 2.45) is 0 Å². The number of aromatic amines is 1. The highest BCUT2D eigenvalue weighted by Gasteiger charge is 2.12. The number of aromatic nitrogens is 6. The van der Waals surface area contributed by atoms with Crippen molar-refractivity contribution >= 4 is 17.1 Å². The minimum Gasteiger partial charge on any atom is -0.468 e. The van der Waals surface area contributed by atoms with Crippen LogP contribution in [-0.4, -0.2) is 43.5 Å². The van der Waals surface area contributed by atoms with Crippen molar-refractivity contribution in [1.29, 1.82) is 0 Å². The van der Waals surface area contributed by atoms with Gasteiger partial charge in [-0.2, -0.15) is 0 Å². The lowest BCUT2D eigenvalue weighted by Gasteiger charge is -1.98. The number of methoxy groups -OCH3 is 1. The molecule has 0 unspecified atom stereocenters. The van der Waals surface area contributed by atoms with Gasteiger partial charge in [-0.05, 0) is 0 Å². The van der Waals surface area contributed by atoms with Gasteiger partial charge in [-0.3, -0.25) is 9.59 Å². The van der Waals surface area contributed by atoms with E-state index in [2.05, 4.69) is 30.5 Å². The molecule has 0 amide bonds. The average molecular weight is 210 g/mol. The van der Waals surface area contributed by atoms with Crippen molar-refractivity contribution in [3.63, 3.8) is 0 Å². The van der Waals surface area contributed by atoms with Crippen LogP contribution >= 0.6 is 0 Å². The van der Waals surface area contributed by atoms with Gasteiger partial charge in [-0.15, -0.1) is 10.2 Å². The lowest BCUT2D eigenvalue weighted by atomic mass is 10.5. The molecule has 0 aromatic carbocycles. The van der Waals surface area contributed by atoms with Crippen LogP contribution in [0, 0.1) is 0 Å². The first kappa shape index (κ1) is 9.24. The van der Waals surface area contributed by atoms with Gasteiger partial charge in [-0.25, -0.2) is 9.78 Å². The molecule has 2 rings (SSSR count). The summed E-state index contributed by atoms with van der Waals surface area (Å²) in [5.41, 5.74) is -0.327. The number of ether oxygens (including phenoxy) is 1. The Morgan fingerprint density at radius 3 is 3.07 bits per heavy atom. The first-order chi connectivity index (χ1) is 7.22. The molecule has 0 saturated heterocycles. The number of carbonyl (C=O) groups is 1. The summed E-state index contributed by atoms with van der Waals surface area (Å²) >= 11 is 0. The summed E-state index contributed by atoms with van der Waals surface area (Å²) in [6.07, 6.45) is 0. The Bertz CT molecular complexity index is 557. The second kappa shape index (κ2) is 3.44. The molecule has 0 atom stereocenters. The monoisotopic (exact) mass is 210 g/mol. The Balaban J connectivity index is 2.53. The molecule has 0 aliphatic heterocycles.